The van der Waals surface area contributed by atoms with Crippen LogP contribution in [0.4, 0.5) is 0 Å². The molecule has 3 fully saturated rings. The molecule has 1 atom stereocenters. The second kappa shape index (κ2) is 7.07. The lowest BCUT2D eigenvalue weighted by Gasteiger charge is -2.48. The van der Waals surface area contributed by atoms with E-state index in [9.17, 15) is 4.79 Å². The quantitative estimate of drug-likeness (QED) is 0.850. The van der Waals surface area contributed by atoms with Gasteiger partial charge in [-0.2, -0.15) is 0 Å². The zero-order chi connectivity index (χ0) is 14.5. The molecular weight excluding hydrogens is 268 g/mol. The third-order valence-electron chi connectivity index (χ3n) is 5.28. The predicted molar refractivity (Wildman–Crippen MR) is 80.2 cm³/mol. The number of morpholine rings is 1. The average Bonchev–Trinajstić information content (AvgIpc) is 3.09. The molecule has 5 heteroatoms. The van der Waals surface area contributed by atoms with Crippen LogP contribution in [-0.2, 0) is 14.3 Å². The average molecular weight is 296 g/mol. The highest BCUT2D eigenvalue weighted by Gasteiger charge is 2.39. The molecule has 120 valence electrons. The smallest absolute Gasteiger partial charge is 0.249 e. The zero-order valence-corrected chi connectivity index (χ0v) is 12.9. The topological polar surface area (TPSA) is 50.8 Å². The van der Waals surface area contributed by atoms with Crippen LogP contribution >= 0.6 is 0 Å². The van der Waals surface area contributed by atoms with Crippen molar-refractivity contribution in [1.29, 1.82) is 0 Å². The summed E-state index contributed by atoms with van der Waals surface area (Å²) < 4.78 is 11.0. The van der Waals surface area contributed by atoms with E-state index >= 15 is 0 Å². The Labute approximate surface area is 127 Å². The van der Waals surface area contributed by atoms with Crippen LogP contribution in [0, 0.1) is 0 Å². The van der Waals surface area contributed by atoms with E-state index in [1.807, 2.05) is 0 Å². The highest BCUT2D eigenvalue weighted by Crippen LogP contribution is 2.34. The fourth-order valence-electron chi connectivity index (χ4n) is 4.00. The minimum absolute atomic E-state index is 0.0886. The summed E-state index contributed by atoms with van der Waals surface area (Å²) in [5.74, 6) is 0.0886. The van der Waals surface area contributed by atoms with Crippen LogP contribution in [0.3, 0.4) is 0 Å². The first-order valence-corrected chi connectivity index (χ1v) is 8.52. The van der Waals surface area contributed by atoms with E-state index in [2.05, 4.69) is 10.2 Å². The summed E-state index contributed by atoms with van der Waals surface area (Å²) in [5.41, 5.74) is 0.149. The van der Waals surface area contributed by atoms with E-state index in [0.717, 1.165) is 52.3 Å². The standard InChI is InChI=1S/C16H28N2O3/c19-15(14-5-4-10-21-14)17-13-16(6-2-1-3-7-16)18-8-11-20-12-9-18/h14H,1-13H2,(H,17,19). The third kappa shape index (κ3) is 3.58. The Hall–Kier alpha value is -0.650. The van der Waals surface area contributed by atoms with Gasteiger partial charge < -0.3 is 14.8 Å². The molecule has 1 amide bonds. The number of nitrogens with zero attached hydrogens (tertiary/aromatic N) is 1. The van der Waals surface area contributed by atoms with E-state index in [1.165, 1.54) is 32.1 Å². The van der Waals surface area contributed by atoms with E-state index in [1.54, 1.807) is 0 Å². The Morgan fingerprint density at radius 2 is 1.86 bits per heavy atom. The molecule has 0 radical (unpaired) electrons. The van der Waals surface area contributed by atoms with Gasteiger partial charge in [-0.1, -0.05) is 19.3 Å². The third-order valence-corrected chi connectivity index (χ3v) is 5.28. The molecule has 1 aliphatic carbocycles. The van der Waals surface area contributed by atoms with Crippen molar-refractivity contribution in [1.82, 2.24) is 10.2 Å². The van der Waals surface area contributed by atoms with Crippen molar-refractivity contribution < 1.29 is 14.3 Å². The number of carbonyl (C=O) groups excluding carboxylic acids is 1. The van der Waals surface area contributed by atoms with Crippen LogP contribution in [0.2, 0.25) is 0 Å². The molecule has 1 unspecified atom stereocenters. The molecular formula is C16H28N2O3. The summed E-state index contributed by atoms with van der Waals surface area (Å²) in [4.78, 5) is 14.8. The minimum Gasteiger partial charge on any atom is -0.379 e. The largest absolute Gasteiger partial charge is 0.379 e. The van der Waals surface area contributed by atoms with Gasteiger partial charge in [-0.3, -0.25) is 9.69 Å². The second-order valence-corrected chi connectivity index (χ2v) is 6.60. The van der Waals surface area contributed by atoms with Gasteiger partial charge in [0.2, 0.25) is 5.91 Å². The Balaban J connectivity index is 1.60. The monoisotopic (exact) mass is 296 g/mol. The predicted octanol–water partition coefficient (Wildman–Crippen LogP) is 1.32. The van der Waals surface area contributed by atoms with Gasteiger partial charge in [-0.15, -0.1) is 0 Å². The van der Waals surface area contributed by atoms with Gasteiger partial charge in [0.05, 0.1) is 13.2 Å². The fraction of sp³-hybridized carbons (Fsp3) is 0.938. The molecule has 0 aromatic carbocycles. The first kappa shape index (κ1) is 15.3. The lowest BCUT2D eigenvalue weighted by atomic mass is 9.79. The zero-order valence-electron chi connectivity index (χ0n) is 12.9. The summed E-state index contributed by atoms with van der Waals surface area (Å²) in [6.45, 7) is 5.13. The number of amides is 1. The SMILES string of the molecule is O=C(NCC1(N2CCOCC2)CCCCC1)C1CCCO1. The van der Waals surface area contributed by atoms with Crippen LogP contribution in [0.1, 0.15) is 44.9 Å². The number of ether oxygens (including phenoxy) is 2. The molecule has 2 saturated heterocycles. The molecule has 2 aliphatic heterocycles. The molecule has 0 spiro atoms. The lowest BCUT2D eigenvalue weighted by molar-refractivity contribution is -0.131. The Morgan fingerprint density at radius 3 is 2.52 bits per heavy atom. The lowest BCUT2D eigenvalue weighted by Crippen LogP contribution is -2.60. The highest BCUT2D eigenvalue weighted by molar-refractivity contribution is 5.81. The van der Waals surface area contributed by atoms with Crippen LogP contribution in [0.25, 0.3) is 0 Å². The maximum absolute atomic E-state index is 12.2. The highest BCUT2D eigenvalue weighted by atomic mass is 16.5. The van der Waals surface area contributed by atoms with Crippen molar-refractivity contribution in [3.05, 3.63) is 0 Å². The van der Waals surface area contributed by atoms with Crippen molar-refractivity contribution in [3.63, 3.8) is 0 Å². The molecule has 0 bridgehead atoms. The molecule has 0 aromatic rings. The first-order valence-electron chi connectivity index (χ1n) is 8.52. The van der Waals surface area contributed by atoms with Gasteiger partial charge in [0, 0.05) is 31.8 Å². The maximum Gasteiger partial charge on any atom is 0.249 e. The number of rotatable bonds is 4. The van der Waals surface area contributed by atoms with E-state index in [0.29, 0.717) is 0 Å². The van der Waals surface area contributed by atoms with Gasteiger partial charge in [-0.05, 0) is 25.7 Å². The molecule has 2 heterocycles. The Kier molecular flexibility index (Phi) is 5.14. The molecule has 3 rings (SSSR count). The van der Waals surface area contributed by atoms with Crippen LogP contribution in [0.5, 0.6) is 0 Å². The number of hydrogen-bond donors (Lipinski definition) is 1. The van der Waals surface area contributed by atoms with Gasteiger partial charge in [0.25, 0.3) is 0 Å². The van der Waals surface area contributed by atoms with Crippen LogP contribution < -0.4 is 5.32 Å². The van der Waals surface area contributed by atoms with Crippen molar-refractivity contribution in [2.24, 2.45) is 0 Å². The Bertz CT molecular complexity index is 343. The number of hydrogen-bond acceptors (Lipinski definition) is 4. The normalized spacial score (nSPS) is 30.2. The van der Waals surface area contributed by atoms with Gasteiger partial charge in [0.15, 0.2) is 0 Å². The Morgan fingerprint density at radius 1 is 1.10 bits per heavy atom. The van der Waals surface area contributed by atoms with Crippen molar-refractivity contribution in [2.45, 2.75) is 56.6 Å². The fourth-order valence-corrected chi connectivity index (χ4v) is 4.00. The molecule has 21 heavy (non-hydrogen) atoms. The molecule has 1 saturated carbocycles. The summed E-state index contributed by atoms with van der Waals surface area (Å²) in [6.07, 6.45) is 7.92. The minimum atomic E-state index is -0.213. The number of carbonyl (C=O) groups is 1. The van der Waals surface area contributed by atoms with Crippen molar-refractivity contribution in [3.8, 4) is 0 Å². The first-order chi connectivity index (χ1) is 10.3. The second-order valence-electron chi connectivity index (χ2n) is 6.60. The molecule has 3 aliphatic rings. The van der Waals surface area contributed by atoms with Crippen molar-refractivity contribution in [2.75, 3.05) is 39.5 Å². The molecule has 5 nitrogen and oxygen atoms in total. The summed E-state index contributed by atoms with van der Waals surface area (Å²) >= 11 is 0. The van der Waals surface area contributed by atoms with Crippen LogP contribution in [0.15, 0.2) is 0 Å². The summed E-state index contributed by atoms with van der Waals surface area (Å²) in [6, 6.07) is 0. The maximum atomic E-state index is 12.2. The number of nitrogens with one attached hydrogen (secondary N) is 1. The van der Waals surface area contributed by atoms with Gasteiger partial charge in [-0.25, -0.2) is 0 Å². The summed E-state index contributed by atoms with van der Waals surface area (Å²) in [5, 5.41) is 3.19. The molecule has 0 aromatic heterocycles. The van der Waals surface area contributed by atoms with Gasteiger partial charge in [0.1, 0.15) is 6.10 Å². The summed E-state index contributed by atoms with van der Waals surface area (Å²) in [7, 11) is 0. The van der Waals surface area contributed by atoms with Crippen LogP contribution in [-0.4, -0.2) is 61.9 Å². The van der Waals surface area contributed by atoms with Gasteiger partial charge >= 0.3 is 0 Å². The van der Waals surface area contributed by atoms with E-state index in [4.69, 9.17) is 9.47 Å². The molecule has 1 N–H and O–H groups in total. The van der Waals surface area contributed by atoms with E-state index < -0.39 is 0 Å². The van der Waals surface area contributed by atoms with Crippen molar-refractivity contribution >= 4 is 5.91 Å². The van der Waals surface area contributed by atoms with E-state index in [-0.39, 0.29) is 17.6 Å².